The molecule has 0 aliphatic heterocycles. The smallest absolute Gasteiger partial charge is 0.329 e. The number of ether oxygens (including phenoxy) is 2. The first-order valence-electron chi connectivity index (χ1n) is 7.46. The minimum atomic E-state index is -0.877. The summed E-state index contributed by atoms with van der Waals surface area (Å²) in [5.74, 6) is -0.753. The van der Waals surface area contributed by atoms with E-state index in [1.54, 1.807) is 18.2 Å². The number of nitrogens with zero attached hydrogens (tertiary/aromatic N) is 1. The Hall–Kier alpha value is -3.35. The van der Waals surface area contributed by atoms with E-state index in [2.05, 4.69) is 15.8 Å². The predicted molar refractivity (Wildman–Crippen MR) is 95.1 cm³/mol. The zero-order valence-corrected chi connectivity index (χ0v) is 14.2. The van der Waals surface area contributed by atoms with E-state index in [1.807, 2.05) is 31.2 Å². The molecular formula is C18H19N3O4. The summed E-state index contributed by atoms with van der Waals surface area (Å²) in [5.41, 5.74) is 4.51. The van der Waals surface area contributed by atoms with Gasteiger partial charge in [0.15, 0.2) is 11.5 Å². The Morgan fingerprint density at radius 2 is 1.64 bits per heavy atom. The number of aryl methyl sites for hydroxylation is 1. The van der Waals surface area contributed by atoms with Crippen LogP contribution in [0.15, 0.2) is 47.6 Å². The highest BCUT2D eigenvalue weighted by molar-refractivity contribution is 6.39. The molecule has 2 aromatic carbocycles. The highest BCUT2D eigenvalue weighted by Gasteiger charge is 2.14. The summed E-state index contributed by atoms with van der Waals surface area (Å²) in [6.45, 7) is 1.97. The second kappa shape index (κ2) is 8.49. The normalized spacial score (nSPS) is 10.4. The lowest BCUT2D eigenvalue weighted by molar-refractivity contribution is -0.136. The molecule has 0 bridgehead atoms. The Bertz CT molecular complexity index is 785. The van der Waals surface area contributed by atoms with Gasteiger partial charge in [-0.3, -0.25) is 9.59 Å². The molecule has 25 heavy (non-hydrogen) atoms. The monoisotopic (exact) mass is 341 g/mol. The van der Waals surface area contributed by atoms with E-state index in [0.717, 1.165) is 11.1 Å². The van der Waals surface area contributed by atoms with E-state index in [-0.39, 0.29) is 0 Å². The first-order chi connectivity index (χ1) is 12.0. The van der Waals surface area contributed by atoms with Crippen molar-refractivity contribution >= 4 is 23.7 Å². The van der Waals surface area contributed by atoms with Crippen molar-refractivity contribution in [2.75, 3.05) is 19.5 Å². The highest BCUT2D eigenvalue weighted by Crippen LogP contribution is 2.29. The number of nitrogens with one attached hydrogen (secondary N) is 2. The highest BCUT2D eigenvalue weighted by atomic mass is 16.5. The van der Waals surface area contributed by atoms with Crippen molar-refractivity contribution < 1.29 is 19.1 Å². The van der Waals surface area contributed by atoms with Gasteiger partial charge in [0.1, 0.15) is 0 Å². The summed E-state index contributed by atoms with van der Waals surface area (Å²) in [4.78, 5) is 23.7. The molecule has 0 saturated carbocycles. The molecule has 2 aromatic rings. The lowest BCUT2D eigenvalue weighted by Gasteiger charge is -2.10. The maximum Gasteiger partial charge on any atom is 0.329 e. The van der Waals surface area contributed by atoms with Crippen LogP contribution in [0.3, 0.4) is 0 Å². The summed E-state index contributed by atoms with van der Waals surface area (Å²) in [5, 5.41) is 6.23. The van der Waals surface area contributed by atoms with Crippen LogP contribution in [0.25, 0.3) is 0 Å². The Balaban J connectivity index is 1.94. The van der Waals surface area contributed by atoms with Crippen LogP contribution in [-0.2, 0) is 9.59 Å². The number of benzene rings is 2. The van der Waals surface area contributed by atoms with Crippen molar-refractivity contribution in [3.63, 3.8) is 0 Å². The minimum Gasteiger partial charge on any atom is -0.493 e. The van der Waals surface area contributed by atoms with E-state index >= 15 is 0 Å². The summed E-state index contributed by atoms with van der Waals surface area (Å²) in [6.07, 6.45) is 1.46. The predicted octanol–water partition coefficient (Wildman–Crippen LogP) is 2.10. The van der Waals surface area contributed by atoms with Crippen LogP contribution < -0.4 is 20.2 Å². The third-order valence-electron chi connectivity index (χ3n) is 3.30. The van der Waals surface area contributed by atoms with Gasteiger partial charge in [0.25, 0.3) is 0 Å². The molecule has 7 heteroatoms. The van der Waals surface area contributed by atoms with Gasteiger partial charge in [-0.25, -0.2) is 5.43 Å². The third kappa shape index (κ3) is 5.07. The van der Waals surface area contributed by atoms with Crippen LogP contribution in [0.4, 0.5) is 5.69 Å². The van der Waals surface area contributed by atoms with Crippen LogP contribution in [0.5, 0.6) is 11.5 Å². The topological polar surface area (TPSA) is 89.0 Å². The Morgan fingerprint density at radius 3 is 2.28 bits per heavy atom. The zero-order valence-electron chi connectivity index (χ0n) is 14.2. The molecule has 0 radical (unpaired) electrons. The summed E-state index contributed by atoms with van der Waals surface area (Å²) < 4.78 is 10.3. The van der Waals surface area contributed by atoms with Gasteiger partial charge < -0.3 is 14.8 Å². The molecule has 0 saturated heterocycles. The second-order valence-corrected chi connectivity index (χ2v) is 5.13. The summed E-state index contributed by atoms with van der Waals surface area (Å²) in [6, 6.07) is 12.3. The van der Waals surface area contributed by atoms with Crippen molar-refractivity contribution in [1.29, 1.82) is 0 Å². The third-order valence-corrected chi connectivity index (χ3v) is 3.30. The van der Waals surface area contributed by atoms with E-state index < -0.39 is 11.8 Å². The minimum absolute atomic E-state index is 0.403. The number of hydrazone groups is 1. The van der Waals surface area contributed by atoms with Gasteiger partial charge in [-0.15, -0.1) is 0 Å². The molecular weight excluding hydrogens is 322 g/mol. The molecule has 0 atom stereocenters. The fourth-order valence-corrected chi connectivity index (χ4v) is 1.97. The van der Waals surface area contributed by atoms with Crippen LogP contribution in [0.1, 0.15) is 11.1 Å². The number of anilines is 1. The van der Waals surface area contributed by atoms with E-state index in [4.69, 9.17) is 9.47 Å². The SMILES string of the molecule is COc1ccc(NC(=O)C(=O)N/N=C\c2ccc(C)cc2)cc1OC. The molecule has 0 aromatic heterocycles. The average molecular weight is 341 g/mol. The van der Waals surface area contributed by atoms with Crippen molar-refractivity contribution in [3.05, 3.63) is 53.6 Å². The standard InChI is InChI=1S/C18H19N3O4/c1-12-4-6-13(7-5-12)11-19-21-18(23)17(22)20-14-8-9-15(24-2)16(10-14)25-3/h4-11H,1-3H3,(H,20,22)(H,21,23)/b19-11-. The molecule has 0 spiro atoms. The van der Waals surface area contributed by atoms with Gasteiger partial charge in [0, 0.05) is 11.8 Å². The quantitative estimate of drug-likeness (QED) is 0.495. The molecule has 0 aliphatic carbocycles. The molecule has 0 fully saturated rings. The second-order valence-electron chi connectivity index (χ2n) is 5.13. The van der Waals surface area contributed by atoms with Gasteiger partial charge in [-0.1, -0.05) is 29.8 Å². The Kier molecular flexibility index (Phi) is 6.11. The lowest BCUT2D eigenvalue weighted by Crippen LogP contribution is -2.32. The lowest BCUT2D eigenvalue weighted by atomic mass is 10.2. The van der Waals surface area contributed by atoms with E-state index in [1.165, 1.54) is 20.4 Å². The van der Waals surface area contributed by atoms with E-state index in [9.17, 15) is 9.59 Å². The van der Waals surface area contributed by atoms with Gasteiger partial charge >= 0.3 is 11.8 Å². The number of methoxy groups -OCH3 is 2. The maximum atomic E-state index is 11.9. The number of rotatable bonds is 5. The summed E-state index contributed by atoms with van der Waals surface area (Å²) >= 11 is 0. The van der Waals surface area contributed by atoms with E-state index in [0.29, 0.717) is 17.2 Å². The molecule has 130 valence electrons. The van der Waals surface area contributed by atoms with Crippen LogP contribution in [-0.4, -0.2) is 32.2 Å². The number of carbonyl (C=O) groups excluding carboxylic acids is 2. The van der Waals surface area contributed by atoms with Crippen LogP contribution >= 0.6 is 0 Å². The van der Waals surface area contributed by atoms with Crippen LogP contribution in [0.2, 0.25) is 0 Å². The zero-order chi connectivity index (χ0) is 18.2. The number of amides is 2. The fourth-order valence-electron chi connectivity index (χ4n) is 1.97. The number of hydrogen-bond acceptors (Lipinski definition) is 5. The van der Waals surface area contributed by atoms with Crippen molar-refractivity contribution in [3.8, 4) is 11.5 Å². The first-order valence-corrected chi connectivity index (χ1v) is 7.46. The van der Waals surface area contributed by atoms with Crippen molar-refractivity contribution in [1.82, 2.24) is 5.43 Å². The fraction of sp³-hybridized carbons (Fsp3) is 0.167. The summed E-state index contributed by atoms with van der Waals surface area (Å²) in [7, 11) is 2.99. The van der Waals surface area contributed by atoms with Gasteiger partial charge in [0.05, 0.1) is 20.4 Å². The largest absolute Gasteiger partial charge is 0.493 e. The van der Waals surface area contributed by atoms with Gasteiger partial charge in [-0.05, 0) is 24.6 Å². The molecule has 2 rings (SSSR count). The van der Waals surface area contributed by atoms with Crippen LogP contribution in [0, 0.1) is 6.92 Å². The molecule has 0 unspecified atom stereocenters. The van der Waals surface area contributed by atoms with Gasteiger partial charge in [-0.2, -0.15) is 5.10 Å². The molecule has 0 aliphatic rings. The van der Waals surface area contributed by atoms with Crippen molar-refractivity contribution in [2.45, 2.75) is 6.92 Å². The Labute approximate surface area is 145 Å². The molecule has 2 amide bonds. The first kappa shape index (κ1) is 18.0. The number of hydrogen-bond donors (Lipinski definition) is 2. The maximum absolute atomic E-state index is 11.9. The van der Waals surface area contributed by atoms with Crippen molar-refractivity contribution in [2.24, 2.45) is 5.10 Å². The van der Waals surface area contributed by atoms with Gasteiger partial charge in [0.2, 0.25) is 0 Å². The Morgan fingerprint density at radius 1 is 0.960 bits per heavy atom. The molecule has 0 heterocycles. The average Bonchev–Trinajstić information content (AvgIpc) is 2.63. The molecule has 7 nitrogen and oxygen atoms in total. The molecule has 2 N–H and O–H groups in total. The number of carbonyl (C=O) groups is 2.